The number of amides is 1. The molecule has 0 saturated carbocycles. The molecule has 0 bridgehead atoms. The van der Waals surface area contributed by atoms with Gasteiger partial charge in [0.2, 0.25) is 5.91 Å². The molecule has 1 fully saturated rings. The summed E-state index contributed by atoms with van der Waals surface area (Å²) in [5.41, 5.74) is -0.213. The number of anilines is 1. The van der Waals surface area contributed by atoms with Crippen LogP contribution >= 0.6 is 11.6 Å². The zero-order valence-corrected chi connectivity index (χ0v) is 14.1. The van der Waals surface area contributed by atoms with Gasteiger partial charge in [0.25, 0.3) is 5.56 Å². The van der Waals surface area contributed by atoms with Crippen molar-refractivity contribution in [2.45, 2.75) is 33.6 Å². The molecule has 1 aromatic heterocycles. The summed E-state index contributed by atoms with van der Waals surface area (Å²) in [5.74, 6) is 0.855. The average molecular weight is 327 g/mol. The highest BCUT2D eigenvalue weighted by atomic mass is 35.5. The van der Waals surface area contributed by atoms with Crippen molar-refractivity contribution in [3.63, 3.8) is 0 Å². The van der Waals surface area contributed by atoms with Crippen LogP contribution in [0.25, 0.3) is 0 Å². The van der Waals surface area contributed by atoms with Crippen LogP contribution in [0.5, 0.6) is 0 Å². The third kappa shape index (κ3) is 4.47. The van der Waals surface area contributed by atoms with Crippen molar-refractivity contribution in [1.82, 2.24) is 15.1 Å². The summed E-state index contributed by atoms with van der Waals surface area (Å²) in [6.07, 6.45) is 1.48. The van der Waals surface area contributed by atoms with E-state index in [1.165, 1.54) is 0 Å². The van der Waals surface area contributed by atoms with Gasteiger partial charge in [0, 0.05) is 38.7 Å². The lowest BCUT2D eigenvalue weighted by atomic mass is 9.90. The number of nitrogens with zero attached hydrogens (tertiary/aromatic N) is 3. The van der Waals surface area contributed by atoms with Crippen LogP contribution < -0.4 is 10.5 Å². The Morgan fingerprint density at radius 2 is 1.95 bits per heavy atom. The van der Waals surface area contributed by atoms with Gasteiger partial charge in [-0.15, -0.1) is 0 Å². The molecule has 6 nitrogen and oxygen atoms in total. The van der Waals surface area contributed by atoms with Crippen LogP contribution in [0.4, 0.5) is 5.82 Å². The molecule has 7 heteroatoms. The molecule has 1 saturated heterocycles. The molecule has 0 unspecified atom stereocenters. The number of piperazine rings is 1. The molecular weight excluding hydrogens is 304 g/mol. The summed E-state index contributed by atoms with van der Waals surface area (Å²) in [5, 5.41) is 6.51. The van der Waals surface area contributed by atoms with Crippen molar-refractivity contribution in [3.05, 3.63) is 21.4 Å². The van der Waals surface area contributed by atoms with Gasteiger partial charge >= 0.3 is 0 Å². The zero-order valence-electron chi connectivity index (χ0n) is 13.4. The van der Waals surface area contributed by atoms with Gasteiger partial charge in [-0.2, -0.15) is 5.10 Å². The molecular formula is C15H23ClN4O2. The first kappa shape index (κ1) is 16.8. The number of H-pyrrole nitrogens is 1. The maximum absolute atomic E-state index is 12.2. The predicted octanol–water partition coefficient (Wildman–Crippen LogP) is 1.90. The van der Waals surface area contributed by atoms with Gasteiger partial charge in [-0.05, 0) is 11.8 Å². The lowest BCUT2D eigenvalue weighted by molar-refractivity contribution is -0.132. The van der Waals surface area contributed by atoms with Crippen LogP contribution in [-0.4, -0.2) is 47.2 Å². The fraction of sp³-hybridized carbons (Fsp3) is 0.667. The lowest BCUT2D eigenvalue weighted by Gasteiger charge is -2.35. The number of rotatable bonds is 3. The molecule has 0 atom stereocenters. The van der Waals surface area contributed by atoms with E-state index in [2.05, 4.69) is 31.0 Å². The summed E-state index contributed by atoms with van der Waals surface area (Å²) in [7, 11) is 0. The first-order chi connectivity index (χ1) is 10.3. The van der Waals surface area contributed by atoms with E-state index < -0.39 is 0 Å². The van der Waals surface area contributed by atoms with Crippen LogP contribution in [0.3, 0.4) is 0 Å². The van der Waals surface area contributed by atoms with Crippen LogP contribution in [0.15, 0.2) is 10.9 Å². The molecule has 122 valence electrons. The summed E-state index contributed by atoms with van der Waals surface area (Å²) in [6.45, 7) is 9.15. The molecule has 1 aliphatic heterocycles. The Morgan fingerprint density at radius 3 is 2.50 bits per heavy atom. The Bertz CT molecular complexity index is 586. The van der Waals surface area contributed by atoms with Crippen molar-refractivity contribution < 1.29 is 4.79 Å². The largest absolute Gasteiger partial charge is 0.352 e. The number of carbonyl (C=O) groups excluding carboxylic acids is 1. The molecule has 0 spiro atoms. The van der Waals surface area contributed by atoms with Crippen molar-refractivity contribution in [3.8, 4) is 0 Å². The number of halogens is 1. The van der Waals surface area contributed by atoms with Crippen LogP contribution in [0, 0.1) is 5.41 Å². The quantitative estimate of drug-likeness (QED) is 0.921. The first-order valence-corrected chi connectivity index (χ1v) is 7.92. The van der Waals surface area contributed by atoms with Gasteiger partial charge in [0.1, 0.15) is 5.02 Å². The van der Waals surface area contributed by atoms with Gasteiger partial charge in [-0.3, -0.25) is 9.59 Å². The van der Waals surface area contributed by atoms with E-state index in [1.807, 2.05) is 9.80 Å². The summed E-state index contributed by atoms with van der Waals surface area (Å²) >= 11 is 5.82. The molecule has 1 amide bonds. The highest BCUT2D eigenvalue weighted by molar-refractivity contribution is 6.30. The lowest BCUT2D eigenvalue weighted by Crippen LogP contribution is -2.49. The Kier molecular flexibility index (Phi) is 5.11. The van der Waals surface area contributed by atoms with E-state index in [9.17, 15) is 9.59 Å². The van der Waals surface area contributed by atoms with Crippen LogP contribution in [-0.2, 0) is 4.79 Å². The number of aromatic nitrogens is 2. The predicted molar refractivity (Wildman–Crippen MR) is 87.3 cm³/mol. The van der Waals surface area contributed by atoms with Crippen molar-refractivity contribution in [2.75, 3.05) is 31.1 Å². The third-order valence-electron chi connectivity index (χ3n) is 3.79. The van der Waals surface area contributed by atoms with Crippen LogP contribution in [0.2, 0.25) is 5.02 Å². The molecule has 2 heterocycles. The van der Waals surface area contributed by atoms with E-state index in [0.717, 1.165) is 6.42 Å². The number of nitrogens with one attached hydrogen (secondary N) is 1. The molecule has 1 aromatic rings. The number of hydrogen-bond donors (Lipinski definition) is 1. The average Bonchev–Trinajstić information content (AvgIpc) is 2.47. The molecule has 1 aliphatic rings. The SMILES string of the molecule is CC(C)(C)CCC(=O)N1CCN(c2cc(Cl)c(=O)[nH]n2)CC1. The van der Waals surface area contributed by atoms with Crippen molar-refractivity contribution in [2.24, 2.45) is 5.41 Å². The number of aromatic amines is 1. The second-order valence-corrected chi connectivity index (χ2v) is 7.24. The van der Waals surface area contributed by atoms with Crippen molar-refractivity contribution >= 4 is 23.3 Å². The van der Waals surface area contributed by atoms with Gasteiger partial charge in [-0.1, -0.05) is 32.4 Å². The molecule has 1 N–H and O–H groups in total. The van der Waals surface area contributed by atoms with Crippen molar-refractivity contribution in [1.29, 1.82) is 0 Å². The molecule has 0 aromatic carbocycles. The van der Waals surface area contributed by atoms with Gasteiger partial charge in [-0.25, -0.2) is 5.10 Å². The monoisotopic (exact) mass is 326 g/mol. The van der Waals surface area contributed by atoms with E-state index >= 15 is 0 Å². The molecule has 0 radical (unpaired) electrons. The van der Waals surface area contributed by atoms with Gasteiger partial charge in [0.05, 0.1) is 0 Å². The smallest absolute Gasteiger partial charge is 0.283 e. The van der Waals surface area contributed by atoms with Gasteiger partial charge in [0.15, 0.2) is 5.82 Å². The molecule has 2 rings (SSSR count). The zero-order chi connectivity index (χ0) is 16.3. The topological polar surface area (TPSA) is 69.3 Å². The first-order valence-electron chi connectivity index (χ1n) is 7.54. The van der Waals surface area contributed by atoms with E-state index in [-0.39, 0.29) is 21.9 Å². The number of carbonyl (C=O) groups is 1. The minimum absolute atomic E-state index is 0.133. The van der Waals surface area contributed by atoms with E-state index in [1.54, 1.807) is 6.07 Å². The maximum Gasteiger partial charge on any atom is 0.283 e. The Labute approximate surface area is 135 Å². The standard InChI is InChI=1S/C15H23ClN4O2/c1-15(2,3)5-4-13(21)20-8-6-19(7-9-20)12-10-11(16)14(22)18-17-12/h10H,4-9H2,1-3H3,(H,18,22). The third-order valence-corrected chi connectivity index (χ3v) is 4.07. The molecule has 0 aliphatic carbocycles. The molecule has 22 heavy (non-hydrogen) atoms. The highest BCUT2D eigenvalue weighted by Gasteiger charge is 2.23. The Balaban J connectivity index is 1.88. The highest BCUT2D eigenvalue weighted by Crippen LogP contribution is 2.22. The second-order valence-electron chi connectivity index (χ2n) is 6.83. The summed E-state index contributed by atoms with van der Waals surface area (Å²) in [4.78, 5) is 27.4. The number of hydrogen-bond acceptors (Lipinski definition) is 4. The summed E-state index contributed by atoms with van der Waals surface area (Å²) < 4.78 is 0. The normalized spacial score (nSPS) is 16.0. The minimum Gasteiger partial charge on any atom is -0.352 e. The Hall–Kier alpha value is -1.56. The van der Waals surface area contributed by atoms with E-state index in [4.69, 9.17) is 11.6 Å². The fourth-order valence-corrected chi connectivity index (χ4v) is 2.50. The van der Waals surface area contributed by atoms with Crippen LogP contribution in [0.1, 0.15) is 33.6 Å². The maximum atomic E-state index is 12.2. The van der Waals surface area contributed by atoms with Gasteiger partial charge < -0.3 is 9.80 Å². The van der Waals surface area contributed by atoms with E-state index in [0.29, 0.717) is 38.4 Å². The second kappa shape index (κ2) is 6.69. The summed E-state index contributed by atoms with van der Waals surface area (Å²) in [6, 6.07) is 1.57. The fourth-order valence-electron chi connectivity index (χ4n) is 2.36. The Morgan fingerprint density at radius 1 is 1.32 bits per heavy atom. The minimum atomic E-state index is -0.388.